The summed E-state index contributed by atoms with van der Waals surface area (Å²) in [4.78, 5) is 30.5. The van der Waals surface area contributed by atoms with Crippen molar-refractivity contribution in [2.75, 3.05) is 29.9 Å². The molecule has 1 aromatic carbocycles. The quantitative estimate of drug-likeness (QED) is 0.330. The van der Waals surface area contributed by atoms with Gasteiger partial charge in [0.2, 0.25) is 5.60 Å². The molecule has 3 aromatic rings. The molecule has 1 unspecified atom stereocenters. The van der Waals surface area contributed by atoms with E-state index in [0.717, 1.165) is 24.3 Å². The molecule has 0 saturated carbocycles. The first-order valence-electron chi connectivity index (χ1n) is 11.4. The van der Waals surface area contributed by atoms with Crippen LogP contribution >= 0.6 is 0 Å². The van der Waals surface area contributed by atoms with E-state index >= 15 is 0 Å². The average molecular weight is 522 g/mol. The van der Waals surface area contributed by atoms with E-state index in [0.29, 0.717) is 43.1 Å². The van der Waals surface area contributed by atoms with E-state index in [9.17, 15) is 27.9 Å². The molecule has 1 aliphatic heterocycles. The van der Waals surface area contributed by atoms with Crippen LogP contribution in [0.4, 0.5) is 29.6 Å². The third-order valence-corrected chi connectivity index (χ3v) is 6.26. The smallest absolute Gasteiger partial charge is 0.393 e. The molecular weight excluding hydrogens is 495 g/mol. The van der Waals surface area contributed by atoms with E-state index in [2.05, 4.69) is 20.7 Å². The van der Waals surface area contributed by atoms with Crippen molar-refractivity contribution in [3.8, 4) is 0 Å². The van der Waals surface area contributed by atoms with Crippen LogP contribution in [0.3, 0.4) is 0 Å². The molecule has 14 heteroatoms. The number of carbonyl (C=O) groups excluding carboxylic acids is 2. The van der Waals surface area contributed by atoms with Gasteiger partial charge < -0.3 is 31.5 Å². The Labute approximate surface area is 209 Å². The fraction of sp³-hybridized carbons (Fsp3) is 0.391. The summed E-state index contributed by atoms with van der Waals surface area (Å²) in [5, 5.41) is 28.8. The molecule has 2 aromatic heterocycles. The number of piperidine rings is 1. The molecular formula is C23H26F3N7O4. The first-order chi connectivity index (χ1) is 17.4. The molecule has 0 radical (unpaired) electrons. The fourth-order valence-corrected chi connectivity index (χ4v) is 4.25. The van der Waals surface area contributed by atoms with Gasteiger partial charge in [-0.15, -0.1) is 0 Å². The van der Waals surface area contributed by atoms with Crippen LogP contribution in [0.15, 0.2) is 36.4 Å². The number of aliphatic hydroxyl groups excluding tert-OH is 1. The van der Waals surface area contributed by atoms with E-state index in [1.165, 1.54) is 0 Å². The number of nitrogens with zero attached hydrogens (tertiary/aromatic N) is 4. The number of hydrogen-bond acceptors (Lipinski definition) is 7. The highest BCUT2D eigenvalue weighted by atomic mass is 19.4. The van der Waals surface area contributed by atoms with E-state index in [-0.39, 0.29) is 17.4 Å². The number of nitrogens with one attached hydrogen (secondary N) is 2. The van der Waals surface area contributed by atoms with Gasteiger partial charge in [-0.1, -0.05) is 12.1 Å². The third-order valence-electron chi connectivity index (χ3n) is 6.26. The average Bonchev–Trinajstić information content (AvgIpc) is 3.22. The van der Waals surface area contributed by atoms with Crippen molar-refractivity contribution >= 4 is 29.2 Å². The molecule has 0 aliphatic carbocycles. The molecule has 3 heterocycles. The van der Waals surface area contributed by atoms with Crippen molar-refractivity contribution in [3.05, 3.63) is 53.2 Å². The number of rotatable bonds is 6. The molecule has 0 spiro atoms. The van der Waals surface area contributed by atoms with Gasteiger partial charge in [-0.3, -0.25) is 4.79 Å². The molecule has 1 atom stereocenters. The van der Waals surface area contributed by atoms with Crippen LogP contribution in [0.1, 0.15) is 34.5 Å². The summed E-state index contributed by atoms with van der Waals surface area (Å²) in [7, 11) is 0. The normalized spacial score (nSPS) is 16.4. The van der Waals surface area contributed by atoms with Gasteiger partial charge in [0.05, 0.1) is 12.3 Å². The van der Waals surface area contributed by atoms with Crippen molar-refractivity contribution in [3.63, 3.8) is 0 Å². The highest BCUT2D eigenvalue weighted by Gasteiger charge is 2.54. The lowest BCUT2D eigenvalue weighted by Gasteiger charge is -2.33. The number of amides is 3. The Bertz CT molecular complexity index is 1300. The minimum Gasteiger partial charge on any atom is -0.393 e. The first kappa shape index (κ1) is 26.2. The van der Waals surface area contributed by atoms with Gasteiger partial charge in [-0.25, -0.2) is 9.78 Å². The Kier molecular flexibility index (Phi) is 6.97. The number of nitrogens with two attached hydrogens (primary N) is 1. The number of carbonyl (C=O) groups is 2. The van der Waals surface area contributed by atoms with Crippen LogP contribution in [-0.2, 0) is 5.60 Å². The van der Waals surface area contributed by atoms with Gasteiger partial charge in [0.25, 0.3) is 5.91 Å². The van der Waals surface area contributed by atoms with Crippen molar-refractivity contribution in [1.82, 2.24) is 19.9 Å². The van der Waals surface area contributed by atoms with E-state index < -0.39 is 35.9 Å². The number of alkyl halides is 3. The Morgan fingerprint density at radius 1 is 1.16 bits per heavy atom. The SMILES string of the molecule is Cc1cc2nc(NC(=O)c3ccc(C(O)(CO)C(F)(F)F)cc3)cc(N3CCC(NC(N)=O)CC3)n2n1. The number of primary amides is 1. The van der Waals surface area contributed by atoms with Crippen LogP contribution in [0.2, 0.25) is 0 Å². The Morgan fingerprint density at radius 2 is 1.81 bits per heavy atom. The predicted molar refractivity (Wildman–Crippen MR) is 127 cm³/mol. The largest absolute Gasteiger partial charge is 0.423 e. The van der Waals surface area contributed by atoms with Gasteiger partial charge in [0.15, 0.2) is 5.65 Å². The van der Waals surface area contributed by atoms with Crippen molar-refractivity contribution in [1.29, 1.82) is 0 Å². The maximum Gasteiger partial charge on any atom is 0.423 e. The second-order valence-corrected chi connectivity index (χ2v) is 8.87. The zero-order chi connectivity index (χ0) is 27.0. The molecule has 11 nitrogen and oxygen atoms in total. The Balaban J connectivity index is 1.56. The molecule has 4 rings (SSSR count). The highest BCUT2D eigenvalue weighted by Crippen LogP contribution is 2.38. The lowest BCUT2D eigenvalue weighted by Crippen LogP contribution is -2.46. The molecule has 6 N–H and O–H groups in total. The number of aliphatic hydroxyl groups is 2. The predicted octanol–water partition coefficient (Wildman–Crippen LogP) is 1.67. The lowest BCUT2D eigenvalue weighted by atomic mass is 9.93. The number of halogens is 3. The Morgan fingerprint density at radius 3 is 2.38 bits per heavy atom. The van der Waals surface area contributed by atoms with Gasteiger partial charge >= 0.3 is 12.2 Å². The number of hydrogen-bond donors (Lipinski definition) is 5. The number of benzene rings is 1. The molecule has 37 heavy (non-hydrogen) atoms. The molecule has 1 fully saturated rings. The van der Waals surface area contributed by atoms with Gasteiger partial charge in [0.1, 0.15) is 11.6 Å². The molecule has 0 bridgehead atoms. The summed E-state index contributed by atoms with van der Waals surface area (Å²) in [5.41, 5.74) is 2.40. The van der Waals surface area contributed by atoms with Gasteiger partial charge in [0, 0.05) is 36.8 Å². The number of fused-ring (bicyclic) bond motifs is 1. The molecule has 3 amide bonds. The van der Waals surface area contributed by atoms with Crippen molar-refractivity contribution in [2.45, 2.75) is 37.6 Å². The molecule has 1 saturated heterocycles. The highest BCUT2D eigenvalue weighted by molar-refractivity contribution is 6.04. The fourth-order valence-electron chi connectivity index (χ4n) is 4.25. The zero-order valence-electron chi connectivity index (χ0n) is 19.8. The number of anilines is 2. The lowest BCUT2D eigenvalue weighted by molar-refractivity contribution is -0.277. The number of urea groups is 1. The second kappa shape index (κ2) is 9.86. The first-order valence-corrected chi connectivity index (χ1v) is 11.4. The van der Waals surface area contributed by atoms with Crippen LogP contribution in [0.25, 0.3) is 5.65 Å². The third kappa shape index (κ3) is 5.29. The second-order valence-electron chi connectivity index (χ2n) is 8.87. The van der Waals surface area contributed by atoms with Crippen LogP contribution in [0.5, 0.6) is 0 Å². The summed E-state index contributed by atoms with van der Waals surface area (Å²) in [5.74, 6) is 0.241. The summed E-state index contributed by atoms with van der Waals surface area (Å²) in [6.45, 7) is 1.42. The standard InChI is InChI=1S/C23H26F3N7O4/c1-13-10-18-29-17(11-19(33(18)31-13)32-8-6-16(7-9-32)28-21(27)36)30-20(35)14-2-4-15(5-3-14)22(37,12-34)23(24,25)26/h2-5,10-11,16,34,37H,6-9,12H2,1H3,(H3,27,28,36)(H,29,30,35). The van der Waals surface area contributed by atoms with E-state index in [1.54, 1.807) is 23.6 Å². The Hall–Kier alpha value is -3.91. The summed E-state index contributed by atoms with van der Waals surface area (Å²) in [6.07, 6.45) is -3.80. The maximum absolute atomic E-state index is 13.2. The van der Waals surface area contributed by atoms with Crippen LogP contribution in [0, 0.1) is 6.92 Å². The van der Waals surface area contributed by atoms with Gasteiger partial charge in [-0.05, 0) is 37.5 Å². The molecule has 1 aliphatic rings. The zero-order valence-corrected chi connectivity index (χ0v) is 19.8. The summed E-state index contributed by atoms with van der Waals surface area (Å²) >= 11 is 0. The number of aryl methyl sites for hydroxylation is 1. The monoisotopic (exact) mass is 521 g/mol. The van der Waals surface area contributed by atoms with Crippen LogP contribution in [-0.4, -0.2) is 68.7 Å². The van der Waals surface area contributed by atoms with E-state index in [4.69, 9.17) is 10.8 Å². The van der Waals surface area contributed by atoms with E-state index in [1.807, 2.05) is 4.90 Å². The van der Waals surface area contributed by atoms with Gasteiger partial charge in [-0.2, -0.15) is 22.8 Å². The topological polar surface area (TPSA) is 158 Å². The summed E-state index contributed by atoms with van der Waals surface area (Å²) < 4.78 is 41.3. The number of aromatic nitrogens is 3. The van der Waals surface area contributed by atoms with Crippen LogP contribution < -0.4 is 21.3 Å². The minimum absolute atomic E-state index is 0.0254. The maximum atomic E-state index is 13.2. The molecule has 198 valence electrons. The van der Waals surface area contributed by atoms with Crippen molar-refractivity contribution in [2.24, 2.45) is 5.73 Å². The summed E-state index contributed by atoms with van der Waals surface area (Å²) in [6, 6.07) is 6.87. The van der Waals surface area contributed by atoms with Crippen molar-refractivity contribution < 1.29 is 33.0 Å². The minimum atomic E-state index is -5.10.